The van der Waals surface area contributed by atoms with Gasteiger partial charge in [0.05, 0.1) is 5.56 Å². The van der Waals surface area contributed by atoms with Gasteiger partial charge in [0.25, 0.3) is 0 Å². The number of hydrogen-bond donors (Lipinski definition) is 0. The molecule has 0 aliphatic carbocycles. The molecular weight excluding hydrogens is 237 g/mol. The van der Waals surface area contributed by atoms with Crippen molar-refractivity contribution in [3.05, 3.63) is 65.8 Å². The molecule has 0 nitrogen and oxygen atoms in total. The standard InChI is InChI=1S/C15H15F3/c1-11(2)6-4-7-12(3)13-8-5-9-14(10-13)15(16,17)18/h4-10H,3H2,1-2H3/b7-4-. The largest absolute Gasteiger partial charge is 0.416 e. The van der Waals surface area contributed by atoms with Crippen LogP contribution >= 0.6 is 0 Å². The number of benzene rings is 1. The summed E-state index contributed by atoms with van der Waals surface area (Å²) < 4.78 is 37.6. The van der Waals surface area contributed by atoms with Crippen molar-refractivity contribution >= 4 is 5.57 Å². The summed E-state index contributed by atoms with van der Waals surface area (Å²) in [6.07, 6.45) is 1.03. The van der Waals surface area contributed by atoms with Crippen molar-refractivity contribution in [2.45, 2.75) is 20.0 Å². The Labute approximate surface area is 105 Å². The predicted molar refractivity (Wildman–Crippen MR) is 69.0 cm³/mol. The Kier molecular flexibility index (Phi) is 4.54. The van der Waals surface area contributed by atoms with Crippen molar-refractivity contribution in [1.82, 2.24) is 0 Å². The molecule has 3 heteroatoms. The van der Waals surface area contributed by atoms with Crippen LogP contribution in [0.5, 0.6) is 0 Å². The van der Waals surface area contributed by atoms with Gasteiger partial charge in [0.15, 0.2) is 0 Å². The molecule has 1 aromatic carbocycles. The highest BCUT2D eigenvalue weighted by Crippen LogP contribution is 2.30. The fourth-order valence-electron chi connectivity index (χ4n) is 1.35. The van der Waals surface area contributed by atoms with Crippen LogP contribution in [-0.4, -0.2) is 0 Å². The minimum atomic E-state index is -4.32. The van der Waals surface area contributed by atoms with Crippen LogP contribution in [0.2, 0.25) is 0 Å². The molecule has 0 saturated carbocycles. The molecule has 1 aromatic rings. The fraction of sp³-hybridized carbons (Fsp3) is 0.200. The molecule has 18 heavy (non-hydrogen) atoms. The molecule has 0 spiro atoms. The lowest BCUT2D eigenvalue weighted by atomic mass is 10.0. The normalized spacial score (nSPS) is 11.6. The molecule has 0 bridgehead atoms. The minimum Gasteiger partial charge on any atom is -0.166 e. The minimum absolute atomic E-state index is 0.475. The predicted octanol–water partition coefficient (Wildman–Crippen LogP) is 5.24. The van der Waals surface area contributed by atoms with E-state index in [1.165, 1.54) is 6.07 Å². The lowest BCUT2D eigenvalue weighted by molar-refractivity contribution is -0.137. The molecule has 0 fully saturated rings. The fourth-order valence-corrected chi connectivity index (χ4v) is 1.35. The van der Waals surface area contributed by atoms with E-state index >= 15 is 0 Å². The first-order chi connectivity index (χ1) is 8.30. The molecule has 0 saturated heterocycles. The van der Waals surface area contributed by atoms with Gasteiger partial charge in [-0.1, -0.05) is 42.5 Å². The Hall–Kier alpha value is -1.77. The van der Waals surface area contributed by atoms with E-state index in [2.05, 4.69) is 6.58 Å². The number of rotatable bonds is 3. The van der Waals surface area contributed by atoms with Crippen molar-refractivity contribution in [3.63, 3.8) is 0 Å². The number of hydrogen-bond acceptors (Lipinski definition) is 0. The van der Waals surface area contributed by atoms with Crippen molar-refractivity contribution in [3.8, 4) is 0 Å². The Balaban J connectivity index is 2.94. The van der Waals surface area contributed by atoms with Gasteiger partial charge < -0.3 is 0 Å². The Morgan fingerprint density at radius 1 is 1.22 bits per heavy atom. The maximum atomic E-state index is 12.5. The zero-order valence-corrected chi connectivity index (χ0v) is 10.4. The number of allylic oxidation sites excluding steroid dienone is 5. The van der Waals surface area contributed by atoms with Gasteiger partial charge in [-0.25, -0.2) is 0 Å². The van der Waals surface area contributed by atoms with E-state index < -0.39 is 11.7 Å². The first-order valence-electron chi connectivity index (χ1n) is 5.49. The van der Waals surface area contributed by atoms with Gasteiger partial charge in [-0.15, -0.1) is 0 Å². The average Bonchev–Trinajstić information content (AvgIpc) is 2.27. The van der Waals surface area contributed by atoms with Gasteiger partial charge in [0.1, 0.15) is 0 Å². The highest BCUT2D eigenvalue weighted by molar-refractivity contribution is 5.72. The first-order valence-corrected chi connectivity index (χ1v) is 5.49. The van der Waals surface area contributed by atoms with Crippen LogP contribution in [0.15, 0.2) is 54.6 Å². The van der Waals surface area contributed by atoms with Crippen LogP contribution in [0.4, 0.5) is 13.2 Å². The summed E-state index contributed by atoms with van der Waals surface area (Å²) in [5.74, 6) is 0. The Morgan fingerprint density at radius 2 is 1.89 bits per heavy atom. The van der Waals surface area contributed by atoms with Gasteiger partial charge in [0.2, 0.25) is 0 Å². The van der Waals surface area contributed by atoms with Crippen LogP contribution in [0.25, 0.3) is 5.57 Å². The maximum absolute atomic E-state index is 12.5. The van der Waals surface area contributed by atoms with E-state index in [1.807, 2.05) is 19.9 Å². The third-order valence-electron chi connectivity index (χ3n) is 2.29. The van der Waals surface area contributed by atoms with Crippen LogP contribution < -0.4 is 0 Å². The summed E-state index contributed by atoms with van der Waals surface area (Å²) in [7, 11) is 0. The van der Waals surface area contributed by atoms with Gasteiger partial charge in [-0.05, 0) is 37.1 Å². The zero-order chi connectivity index (χ0) is 13.8. The number of halogens is 3. The highest BCUT2D eigenvalue weighted by atomic mass is 19.4. The van der Waals surface area contributed by atoms with Crippen molar-refractivity contribution in [2.75, 3.05) is 0 Å². The molecule has 0 unspecified atom stereocenters. The van der Waals surface area contributed by atoms with Crippen LogP contribution in [0.3, 0.4) is 0 Å². The SMILES string of the molecule is C=C(/C=C\C=C(C)C)c1cccc(C(F)(F)F)c1. The molecule has 0 heterocycles. The smallest absolute Gasteiger partial charge is 0.166 e. The van der Waals surface area contributed by atoms with Gasteiger partial charge in [0, 0.05) is 0 Å². The van der Waals surface area contributed by atoms with E-state index in [0.29, 0.717) is 11.1 Å². The average molecular weight is 252 g/mol. The summed E-state index contributed by atoms with van der Waals surface area (Å²) in [6.45, 7) is 7.65. The molecule has 1 rings (SSSR count). The second kappa shape index (κ2) is 5.71. The topological polar surface area (TPSA) is 0 Å². The van der Waals surface area contributed by atoms with Gasteiger partial charge >= 0.3 is 6.18 Å². The molecule has 0 aromatic heterocycles. The van der Waals surface area contributed by atoms with Crippen LogP contribution in [-0.2, 0) is 6.18 Å². The third kappa shape index (κ3) is 4.24. The van der Waals surface area contributed by atoms with E-state index in [-0.39, 0.29) is 0 Å². The summed E-state index contributed by atoms with van der Waals surface area (Å²) in [6, 6.07) is 5.16. The summed E-state index contributed by atoms with van der Waals surface area (Å²) in [5, 5.41) is 0. The van der Waals surface area contributed by atoms with E-state index in [9.17, 15) is 13.2 Å². The Bertz CT molecular complexity index is 487. The second-order valence-corrected chi connectivity index (χ2v) is 4.21. The molecule has 0 N–H and O–H groups in total. The molecule has 0 aliphatic heterocycles. The first kappa shape index (κ1) is 14.3. The molecular formula is C15H15F3. The van der Waals surface area contributed by atoms with Gasteiger partial charge in [-0.2, -0.15) is 13.2 Å². The maximum Gasteiger partial charge on any atom is 0.416 e. The van der Waals surface area contributed by atoms with Crippen molar-refractivity contribution in [1.29, 1.82) is 0 Å². The van der Waals surface area contributed by atoms with Crippen LogP contribution in [0.1, 0.15) is 25.0 Å². The van der Waals surface area contributed by atoms with E-state index in [1.54, 1.807) is 18.2 Å². The summed E-state index contributed by atoms with van der Waals surface area (Å²) in [4.78, 5) is 0. The third-order valence-corrected chi connectivity index (χ3v) is 2.29. The number of alkyl halides is 3. The Morgan fingerprint density at radius 3 is 2.44 bits per heavy atom. The monoisotopic (exact) mass is 252 g/mol. The van der Waals surface area contributed by atoms with Gasteiger partial charge in [-0.3, -0.25) is 0 Å². The van der Waals surface area contributed by atoms with E-state index in [0.717, 1.165) is 17.7 Å². The van der Waals surface area contributed by atoms with Crippen LogP contribution in [0, 0.1) is 0 Å². The second-order valence-electron chi connectivity index (χ2n) is 4.21. The highest BCUT2D eigenvalue weighted by Gasteiger charge is 2.30. The van der Waals surface area contributed by atoms with E-state index in [4.69, 9.17) is 0 Å². The summed E-state index contributed by atoms with van der Waals surface area (Å²) in [5.41, 5.74) is 1.49. The zero-order valence-electron chi connectivity index (χ0n) is 10.4. The summed E-state index contributed by atoms with van der Waals surface area (Å²) >= 11 is 0. The van der Waals surface area contributed by atoms with Crippen molar-refractivity contribution in [2.24, 2.45) is 0 Å². The molecule has 0 amide bonds. The molecule has 0 aliphatic rings. The van der Waals surface area contributed by atoms with Crippen molar-refractivity contribution < 1.29 is 13.2 Å². The molecule has 96 valence electrons. The lowest BCUT2D eigenvalue weighted by Gasteiger charge is -2.08. The lowest BCUT2D eigenvalue weighted by Crippen LogP contribution is -2.04. The molecule has 0 atom stereocenters. The molecule has 0 radical (unpaired) electrons. The quantitative estimate of drug-likeness (QED) is 0.645.